The van der Waals surface area contributed by atoms with E-state index in [0.29, 0.717) is 12.1 Å². The minimum Gasteiger partial charge on any atom is -0.352 e. The molecule has 0 saturated carbocycles. The van der Waals surface area contributed by atoms with Gasteiger partial charge in [-0.3, -0.25) is 9.78 Å². The first-order valence-corrected chi connectivity index (χ1v) is 7.66. The number of benzene rings is 1. The van der Waals surface area contributed by atoms with Gasteiger partial charge in [0, 0.05) is 27.0 Å². The molecule has 3 nitrogen and oxygen atoms in total. The molecule has 0 atom stereocenters. The summed E-state index contributed by atoms with van der Waals surface area (Å²) >= 11 is 5.54. The molecule has 0 saturated heterocycles. The minimum atomic E-state index is -0.0467. The number of amides is 1. The van der Waals surface area contributed by atoms with E-state index in [4.69, 9.17) is 0 Å². The van der Waals surface area contributed by atoms with Crippen molar-refractivity contribution in [1.82, 2.24) is 10.3 Å². The molecule has 0 aliphatic rings. The van der Waals surface area contributed by atoms with Gasteiger partial charge in [-0.2, -0.15) is 0 Å². The molecule has 1 aromatic carbocycles. The first kappa shape index (κ1) is 14.5. The van der Waals surface area contributed by atoms with Crippen molar-refractivity contribution in [2.24, 2.45) is 0 Å². The number of pyridine rings is 1. The van der Waals surface area contributed by atoms with Gasteiger partial charge in [-0.15, -0.1) is 0 Å². The fourth-order valence-electron chi connectivity index (χ4n) is 1.63. The van der Waals surface area contributed by atoms with Crippen LogP contribution >= 0.6 is 38.5 Å². The van der Waals surface area contributed by atoms with Crippen LogP contribution in [0.2, 0.25) is 0 Å². The number of nitrogens with one attached hydrogen (secondary N) is 1. The number of carbonyl (C=O) groups excluding carboxylic acids is 1. The van der Waals surface area contributed by atoms with E-state index >= 15 is 0 Å². The summed E-state index contributed by atoms with van der Waals surface area (Å²) in [7, 11) is 0. The lowest BCUT2D eigenvalue weighted by atomic mass is 10.2. The lowest BCUT2D eigenvalue weighted by molar-refractivity contribution is 0.0953. The molecule has 1 N–H and O–H groups in total. The van der Waals surface area contributed by atoms with E-state index in [9.17, 15) is 4.79 Å². The lowest BCUT2D eigenvalue weighted by Gasteiger charge is -2.07. The second kappa shape index (κ2) is 7.00. The van der Waals surface area contributed by atoms with E-state index in [1.165, 1.54) is 0 Å². The Balaban J connectivity index is 1.93. The van der Waals surface area contributed by atoms with Crippen LogP contribution in [0.25, 0.3) is 0 Å². The van der Waals surface area contributed by atoms with Crippen LogP contribution in [-0.4, -0.2) is 17.4 Å². The van der Waals surface area contributed by atoms with Crippen LogP contribution in [0.5, 0.6) is 0 Å². The molecule has 19 heavy (non-hydrogen) atoms. The molecule has 0 aliphatic carbocycles. The van der Waals surface area contributed by atoms with Gasteiger partial charge in [-0.05, 0) is 58.8 Å². The molecular formula is C14H12BrIN2O. The third-order valence-corrected chi connectivity index (χ3v) is 4.03. The summed E-state index contributed by atoms with van der Waals surface area (Å²) in [5, 5.41) is 2.92. The standard InChI is InChI=1S/C14H12BrIN2O/c15-11-3-4-13(16)12(8-11)14(19)18-7-5-10-2-1-6-17-9-10/h1-4,6,8-9H,5,7H2,(H,18,19). The normalized spacial score (nSPS) is 10.2. The number of aromatic nitrogens is 1. The molecule has 1 aromatic heterocycles. The summed E-state index contributed by atoms with van der Waals surface area (Å²) in [5.41, 5.74) is 1.81. The summed E-state index contributed by atoms with van der Waals surface area (Å²) in [6, 6.07) is 9.58. The molecule has 98 valence electrons. The second-order valence-corrected chi connectivity index (χ2v) is 6.07. The van der Waals surface area contributed by atoms with Crippen LogP contribution in [0.4, 0.5) is 0 Å². The Kier molecular flexibility index (Phi) is 5.33. The first-order chi connectivity index (χ1) is 9.16. The van der Waals surface area contributed by atoms with Crippen molar-refractivity contribution in [3.05, 3.63) is 61.9 Å². The Hall–Kier alpha value is -0.950. The van der Waals surface area contributed by atoms with Gasteiger partial charge >= 0.3 is 0 Å². The van der Waals surface area contributed by atoms with Crippen LogP contribution in [0, 0.1) is 3.57 Å². The van der Waals surface area contributed by atoms with E-state index in [1.807, 2.05) is 36.5 Å². The van der Waals surface area contributed by atoms with Crippen molar-refractivity contribution in [3.8, 4) is 0 Å². The summed E-state index contributed by atoms with van der Waals surface area (Å²) in [5.74, 6) is -0.0467. The van der Waals surface area contributed by atoms with Gasteiger partial charge in [-0.1, -0.05) is 22.0 Å². The molecule has 0 unspecified atom stereocenters. The number of rotatable bonds is 4. The third kappa shape index (κ3) is 4.28. The maximum Gasteiger partial charge on any atom is 0.252 e. The number of hydrogen-bond acceptors (Lipinski definition) is 2. The topological polar surface area (TPSA) is 42.0 Å². The van der Waals surface area contributed by atoms with Crippen molar-refractivity contribution >= 4 is 44.4 Å². The van der Waals surface area contributed by atoms with E-state index in [1.54, 1.807) is 6.20 Å². The number of halogens is 2. The van der Waals surface area contributed by atoms with Gasteiger partial charge in [0.15, 0.2) is 0 Å². The van der Waals surface area contributed by atoms with Crippen molar-refractivity contribution in [2.45, 2.75) is 6.42 Å². The fraction of sp³-hybridized carbons (Fsp3) is 0.143. The molecule has 0 radical (unpaired) electrons. The molecule has 0 bridgehead atoms. The molecule has 1 amide bonds. The molecule has 0 fully saturated rings. The minimum absolute atomic E-state index is 0.0467. The van der Waals surface area contributed by atoms with Crippen molar-refractivity contribution in [1.29, 1.82) is 0 Å². The third-order valence-electron chi connectivity index (χ3n) is 2.60. The van der Waals surface area contributed by atoms with Gasteiger partial charge < -0.3 is 5.32 Å². The zero-order chi connectivity index (χ0) is 13.7. The Morgan fingerprint density at radius 1 is 1.37 bits per heavy atom. The van der Waals surface area contributed by atoms with Gasteiger partial charge in [0.2, 0.25) is 0 Å². The SMILES string of the molecule is O=C(NCCc1cccnc1)c1cc(Br)ccc1I. The summed E-state index contributed by atoms with van der Waals surface area (Å²) in [6.45, 7) is 0.604. The van der Waals surface area contributed by atoms with E-state index in [0.717, 1.165) is 20.0 Å². The maximum atomic E-state index is 12.1. The molecule has 1 heterocycles. The summed E-state index contributed by atoms with van der Waals surface area (Å²) < 4.78 is 1.85. The van der Waals surface area contributed by atoms with Crippen LogP contribution in [0.15, 0.2) is 47.2 Å². The average molecular weight is 431 g/mol. The van der Waals surface area contributed by atoms with Gasteiger partial charge in [0.1, 0.15) is 0 Å². The Bertz CT molecular complexity index is 575. The smallest absolute Gasteiger partial charge is 0.252 e. The largest absolute Gasteiger partial charge is 0.352 e. The Morgan fingerprint density at radius 3 is 2.95 bits per heavy atom. The van der Waals surface area contributed by atoms with Crippen molar-refractivity contribution < 1.29 is 4.79 Å². The van der Waals surface area contributed by atoms with Crippen molar-refractivity contribution in [2.75, 3.05) is 6.54 Å². The molecule has 2 aromatic rings. The number of carbonyl (C=O) groups is 1. The monoisotopic (exact) mass is 430 g/mol. The predicted octanol–water partition coefficient (Wildman–Crippen LogP) is 3.42. The van der Waals surface area contributed by atoms with Crippen molar-refractivity contribution in [3.63, 3.8) is 0 Å². The highest BCUT2D eigenvalue weighted by Crippen LogP contribution is 2.18. The van der Waals surface area contributed by atoms with Gasteiger partial charge in [0.25, 0.3) is 5.91 Å². The molecular weight excluding hydrogens is 419 g/mol. The predicted molar refractivity (Wildman–Crippen MR) is 87.1 cm³/mol. The summed E-state index contributed by atoms with van der Waals surface area (Å²) in [4.78, 5) is 16.1. The molecule has 0 aliphatic heterocycles. The number of hydrogen-bond donors (Lipinski definition) is 1. The highest BCUT2D eigenvalue weighted by Gasteiger charge is 2.09. The first-order valence-electron chi connectivity index (χ1n) is 5.79. The lowest BCUT2D eigenvalue weighted by Crippen LogP contribution is -2.26. The van der Waals surface area contributed by atoms with Crippen LogP contribution < -0.4 is 5.32 Å². The van der Waals surface area contributed by atoms with E-state index in [-0.39, 0.29) is 5.91 Å². The molecule has 0 spiro atoms. The van der Waals surface area contributed by atoms with Crippen LogP contribution in [-0.2, 0) is 6.42 Å². The quantitative estimate of drug-likeness (QED) is 0.755. The zero-order valence-corrected chi connectivity index (χ0v) is 13.8. The van der Waals surface area contributed by atoms with Gasteiger partial charge in [-0.25, -0.2) is 0 Å². The second-order valence-electron chi connectivity index (χ2n) is 3.99. The van der Waals surface area contributed by atoms with Gasteiger partial charge in [0.05, 0.1) is 5.56 Å². The van der Waals surface area contributed by atoms with Crippen LogP contribution in [0.3, 0.4) is 0 Å². The number of nitrogens with zero attached hydrogens (tertiary/aromatic N) is 1. The van der Waals surface area contributed by atoms with E-state index in [2.05, 4.69) is 48.8 Å². The highest BCUT2D eigenvalue weighted by molar-refractivity contribution is 14.1. The van der Waals surface area contributed by atoms with Crippen LogP contribution in [0.1, 0.15) is 15.9 Å². The zero-order valence-electron chi connectivity index (χ0n) is 10.1. The fourth-order valence-corrected chi connectivity index (χ4v) is 2.57. The molecule has 5 heteroatoms. The molecule has 2 rings (SSSR count). The van der Waals surface area contributed by atoms with E-state index < -0.39 is 0 Å². The maximum absolute atomic E-state index is 12.1. The average Bonchev–Trinajstić information content (AvgIpc) is 2.42. The summed E-state index contributed by atoms with van der Waals surface area (Å²) in [6.07, 6.45) is 4.34. The highest BCUT2D eigenvalue weighted by atomic mass is 127. The Labute approximate surface area is 134 Å². The Morgan fingerprint density at radius 2 is 2.21 bits per heavy atom.